The largest absolute Gasteiger partial charge is 0.337 e. The molecule has 2 heterocycles. The zero-order valence-corrected chi connectivity index (χ0v) is 11.6. The first-order valence-electron chi connectivity index (χ1n) is 7.15. The predicted molar refractivity (Wildman–Crippen MR) is 71.0 cm³/mol. The minimum absolute atomic E-state index is 0.149. The number of nitrogens with one attached hydrogen (secondary N) is 3. The van der Waals surface area contributed by atoms with Crippen LogP contribution in [0.5, 0.6) is 0 Å². The molecule has 0 radical (unpaired) electrons. The van der Waals surface area contributed by atoms with Gasteiger partial charge in [0.2, 0.25) is 0 Å². The number of carbonyl (C=O) groups is 3. The molecule has 0 aromatic rings. The molecule has 7 heteroatoms. The zero-order valence-electron chi connectivity index (χ0n) is 11.6. The number of hydrogen-bond donors (Lipinski definition) is 3. The first-order valence-corrected chi connectivity index (χ1v) is 7.15. The number of urea groups is 2. The van der Waals surface area contributed by atoms with E-state index in [9.17, 15) is 14.4 Å². The Morgan fingerprint density at radius 3 is 2.50 bits per heavy atom. The van der Waals surface area contributed by atoms with Crippen molar-refractivity contribution >= 4 is 18.0 Å². The van der Waals surface area contributed by atoms with E-state index in [0.29, 0.717) is 6.54 Å². The van der Waals surface area contributed by atoms with Crippen LogP contribution < -0.4 is 16.0 Å². The summed E-state index contributed by atoms with van der Waals surface area (Å²) < 4.78 is 0. The summed E-state index contributed by atoms with van der Waals surface area (Å²) in [5, 5.41) is 7.74. The van der Waals surface area contributed by atoms with E-state index in [4.69, 9.17) is 0 Å². The summed E-state index contributed by atoms with van der Waals surface area (Å²) in [5.74, 6) is -0.337. The molecule has 0 aromatic carbocycles. The quantitative estimate of drug-likeness (QED) is 0.644. The summed E-state index contributed by atoms with van der Waals surface area (Å²) in [6.07, 6.45) is 4.66. The minimum atomic E-state index is -0.895. The Hall–Kier alpha value is -1.79. The zero-order chi connectivity index (χ0) is 14.4. The molecular weight excluding hydrogens is 260 g/mol. The first-order chi connectivity index (χ1) is 9.49. The van der Waals surface area contributed by atoms with Crippen LogP contribution in [-0.2, 0) is 4.79 Å². The summed E-state index contributed by atoms with van der Waals surface area (Å²) in [4.78, 5) is 36.3. The molecule has 0 aromatic heterocycles. The fourth-order valence-electron chi connectivity index (χ4n) is 3.21. The molecule has 2 saturated heterocycles. The Kier molecular flexibility index (Phi) is 2.88. The van der Waals surface area contributed by atoms with Crippen LogP contribution in [0.1, 0.15) is 32.6 Å². The van der Waals surface area contributed by atoms with E-state index >= 15 is 0 Å². The van der Waals surface area contributed by atoms with Crippen LogP contribution in [0.3, 0.4) is 0 Å². The van der Waals surface area contributed by atoms with Gasteiger partial charge >= 0.3 is 12.1 Å². The molecule has 3 fully saturated rings. The van der Waals surface area contributed by atoms with E-state index in [-0.39, 0.29) is 30.4 Å². The molecule has 1 saturated carbocycles. The Labute approximate surface area is 117 Å². The van der Waals surface area contributed by atoms with Gasteiger partial charge in [-0.25, -0.2) is 9.59 Å². The van der Waals surface area contributed by atoms with Crippen LogP contribution in [0, 0.1) is 5.41 Å². The lowest BCUT2D eigenvalue weighted by Crippen LogP contribution is -2.73. The topological polar surface area (TPSA) is 90.5 Å². The van der Waals surface area contributed by atoms with E-state index in [1.165, 1.54) is 19.3 Å². The highest BCUT2D eigenvalue weighted by Gasteiger charge is 2.56. The van der Waals surface area contributed by atoms with Gasteiger partial charge in [0.15, 0.2) is 5.54 Å². The number of rotatable bonds is 3. The van der Waals surface area contributed by atoms with Crippen molar-refractivity contribution in [1.29, 1.82) is 0 Å². The maximum Gasteiger partial charge on any atom is 0.322 e. The van der Waals surface area contributed by atoms with Gasteiger partial charge in [-0.05, 0) is 24.7 Å². The first kappa shape index (κ1) is 13.2. The van der Waals surface area contributed by atoms with Gasteiger partial charge in [0, 0.05) is 6.54 Å². The number of imide groups is 1. The van der Waals surface area contributed by atoms with Crippen LogP contribution in [0.4, 0.5) is 9.59 Å². The monoisotopic (exact) mass is 280 g/mol. The highest BCUT2D eigenvalue weighted by atomic mass is 16.2. The highest BCUT2D eigenvalue weighted by molar-refractivity contribution is 6.08. The van der Waals surface area contributed by atoms with E-state index < -0.39 is 11.6 Å². The van der Waals surface area contributed by atoms with Crippen LogP contribution in [-0.4, -0.2) is 48.0 Å². The molecule has 110 valence electrons. The third kappa shape index (κ3) is 1.92. The number of likely N-dealkylation sites (tertiary alicyclic amines) is 1. The average Bonchev–Trinajstić information content (AvgIpc) is 2.61. The van der Waals surface area contributed by atoms with Crippen molar-refractivity contribution in [2.45, 2.75) is 38.1 Å². The molecule has 0 bridgehead atoms. The molecule has 2 aliphatic heterocycles. The van der Waals surface area contributed by atoms with Gasteiger partial charge < -0.3 is 15.5 Å². The van der Waals surface area contributed by atoms with E-state index in [0.717, 1.165) is 6.42 Å². The second-order valence-electron chi connectivity index (χ2n) is 6.21. The molecule has 3 aliphatic rings. The molecule has 20 heavy (non-hydrogen) atoms. The third-order valence-corrected chi connectivity index (χ3v) is 5.00. The van der Waals surface area contributed by atoms with Crippen molar-refractivity contribution in [2.24, 2.45) is 5.41 Å². The van der Waals surface area contributed by atoms with Crippen molar-refractivity contribution in [3.05, 3.63) is 0 Å². The molecular formula is C13H20N4O3. The van der Waals surface area contributed by atoms with Crippen molar-refractivity contribution in [3.63, 3.8) is 0 Å². The number of carbonyl (C=O) groups excluding carboxylic acids is 3. The SMILES string of the molecule is CCC1(CNC(=O)N2CC3(C2)NC(=O)NC3=O)CCC1. The fourth-order valence-corrected chi connectivity index (χ4v) is 3.21. The summed E-state index contributed by atoms with van der Waals surface area (Å²) in [7, 11) is 0. The van der Waals surface area contributed by atoms with Gasteiger partial charge in [0.25, 0.3) is 5.91 Å². The Morgan fingerprint density at radius 2 is 2.05 bits per heavy atom. The fraction of sp³-hybridized carbons (Fsp3) is 0.769. The molecule has 5 amide bonds. The molecule has 1 aliphatic carbocycles. The summed E-state index contributed by atoms with van der Waals surface area (Å²) in [5.41, 5.74) is -0.621. The lowest BCUT2D eigenvalue weighted by Gasteiger charge is -2.46. The van der Waals surface area contributed by atoms with Gasteiger partial charge in [-0.1, -0.05) is 13.3 Å². The van der Waals surface area contributed by atoms with Gasteiger partial charge in [0.05, 0.1) is 13.1 Å². The molecule has 0 unspecified atom stereocenters. The molecule has 3 rings (SSSR count). The second-order valence-corrected chi connectivity index (χ2v) is 6.21. The lowest BCUT2D eigenvalue weighted by molar-refractivity contribution is -0.128. The van der Waals surface area contributed by atoms with Gasteiger partial charge in [-0.2, -0.15) is 0 Å². The smallest absolute Gasteiger partial charge is 0.322 e. The standard InChI is InChI=1S/C13H20N4O3/c1-2-12(4-3-5-12)6-14-11(20)17-7-13(8-17)9(18)15-10(19)16-13/h2-8H2,1H3,(H,14,20)(H2,15,16,18,19). The predicted octanol–water partition coefficient (Wildman–Crippen LogP) is 0.170. The normalized spacial score (nSPS) is 25.6. The Morgan fingerprint density at radius 1 is 1.35 bits per heavy atom. The third-order valence-electron chi connectivity index (χ3n) is 5.00. The van der Waals surface area contributed by atoms with Gasteiger partial charge in [-0.15, -0.1) is 0 Å². The number of amides is 5. The molecule has 7 nitrogen and oxygen atoms in total. The van der Waals surface area contributed by atoms with Crippen LogP contribution in [0.2, 0.25) is 0 Å². The summed E-state index contributed by atoms with van der Waals surface area (Å²) in [6.45, 7) is 3.35. The van der Waals surface area contributed by atoms with E-state index in [1.54, 1.807) is 4.90 Å². The molecule has 1 spiro atoms. The Bertz CT molecular complexity index is 461. The van der Waals surface area contributed by atoms with Gasteiger partial charge in [0.1, 0.15) is 0 Å². The summed E-state index contributed by atoms with van der Waals surface area (Å²) in [6, 6.07) is -0.626. The van der Waals surface area contributed by atoms with Crippen LogP contribution >= 0.6 is 0 Å². The highest BCUT2D eigenvalue weighted by Crippen LogP contribution is 2.43. The second kappa shape index (κ2) is 4.36. The van der Waals surface area contributed by atoms with Crippen molar-refractivity contribution < 1.29 is 14.4 Å². The lowest BCUT2D eigenvalue weighted by atomic mass is 9.67. The average molecular weight is 280 g/mol. The maximum atomic E-state index is 12.0. The van der Waals surface area contributed by atoms with E-state index in [1.807, 2.05) is 0 Å². The van der Waals surface area contributed by atoms with Crippen molar-refractivity contribution in [3.8, 4) is 0 Å². The Balaban J connectivity index is 1.49. The minimum Gasteiger partial charge on any atom is -0.337 e. The molecule has 3 N–H and O–H groups in total. The van der Waals surface area contributed by atoms with E-state index in [2.05, 4.69) is 22.9 Å². The van der Waals surface area contributed by atoms with Crippen molar-refractivity contribution in [1.82, 2.24) is 20.9 Å². The maximum absolute atomic E-state index is 12.0. The van der Waals surface area contributed by atoms with Crippen LogP contribution in [0.15, 0.2) is 0 Å². The van der Waals surface area contributed by atoms with Crippen molar-refractivity contribution in [2.75, 3.05) is 19.6 Å². The molecule has 0 atom stereocenters. The summed E-state index contributed by atoms with van der Waals surface area (Å²) >= 11 is 0. The number of hydrogen-bond acceptors (Lipinski definition) is 3. The number of nitrogens with zero attached hydrogens (tertiary/aromatic N) is 1. The van der Waals surface area contributed by atoms with Gasteiger partial charge in [-0.3, -0.25) is 10.1 Å². The van der Waals surface area contributed by atoms with Crippen LogP contribution in [0.25, 0.3) is 0 Å².